The fourth-order valence-electron chi connectivity index (χ4n) is 0.666. The normalized spacial score (nSPS) is 17.9. The summed E-state index contributed by atoms with van der Waals surface area (Å²) in [5.74, 6) is -3.51. The molecule has 0 aromatic carbocycles. The van der Waals surface area contributed by atoms with Crippen LogP contribution in [0.3, 0.4) is 0 Å². The van der Waals surface area contributed by atoms with Gasteiger partial charge in [-0.3, -0.25) is 0 Å². The Morgan fingerprint density at radius 3 is 1.92 bits per heavy atom. The lowest BCUT2D eigenvalue weighted by Crippen LogP contribution is -2.52. The average Bonchev–Trinajstić information content (AvgIpc) is 2.01. The van der Waals surface area contributed by atoms with Crippen LogP contribution in [-0.2, 0) is 9.59 Å². The van der Waals surface area contributed by atoms with Crippen molar-refractivity contribution in [2.24, 2.45) is 0 Å². The van der Waals surface area contributed by atoms with Crippen LogP contribution >= 0.6 is 0 Å². The van der Waals surface area contributed by atoms with Gasteiger partial charge in [0.1, 0.15) is 0 Å². The van der Waals surface area contributed by atoms with E-state index >= 15 is 0 Å². The Kier molecular flexibility index (Phi) is 3.17. The van der Waals surface area contributed by atoms with Gasteiger partial charge in [-0.15, -0.1) is 0 Å². The molecule has 0 fully saturated rings. The van der Waals surface area contributed by atoms with E-state index in [9.17, 15) is 9.59 Å². The molecule has 0 radical (unpaired) electrons. The molecular formula is C6H10O6. The van der Waals surface area contributed by atoms with Crippen molar-refractivity contribution in [3.8, 4) is 0 Å². The van der Waals surface area contributed by atoms with E-state index in [1.165, 1.54) is 6.92 Å². The molecule has 0 aromatic heterocycles. The van der Waals surface area contributed by atoms with Crippen LogP contribution in [0.25, 0.3) is 0 Å². The third kappa shape index (κ3) is 1.72. The summed E-state index contributed by atoms with van der Waals surface area (Å²) in [6.07, 6.45) is -2.68. The first-order valence-electron chi connectivity index (χ1n) is 3.23. The van der Waals surface area contributed by atoms with Crippen molar-refractivity contribution in [2.45, 2.75) is 25.0 Å². The largest absolute Gasteiger partial charge is 0.479 e. The first-order chi connectivity index (χ1) is 5.36. The summed E-state index contributed by atoms with van der Waals surface area (Å²) in [5, 5.41) is 34.5. The minimum absolute atomic E-state index is 0.379. The minimum atomic E-state index is -2.61. The highest BCUT2D eigenvalue weighted by molar-refractivity contribution is 5.86. The van der Waals surface area contributed by atoms with Gasteiger partial charge < -0.3 is 20.4 Å². The number of carbonyl (C=O) groups is 2. The second-order valence-electron chi connectivity index (χ2n) is 2.32. The number of hydrogen-bond acceptors (Lipinski definition) is 4. The maximum Gasteiger partial charge on any atom is 0.339 e. The van der Waals surface area contributed by atoms with E-state index in [1.807, 2.05) is 0 Å². The SMILES string of the molecule is CCC(O)(C(=O)O)C(O)C(=O)O. The molecule has 0 aliphatic carbocycles. The molecule has 6 nitrogen and oxygen atoms in total. The number of hydrogen-bond donors (Lipinski definition) is 4. The molecule has 0 aliphatic heterocycles. The molecule has 0 saturated heterocycles. The number of aliphatic hydroxyl groups excluding tert-OH is 1. The summed E-state index contributed by atoms with van der Waals surface area (Å²) < 4.78 is 0. The number of carboxylic acid groups (broad SMARTS) is 2. The zero-order valence-electron chi connectivity index (χ0n) is 6.39. The third-order valence-corrected chi connectivity index (χ3v) is 1.60. The molecule has 0 aromatic rings. The Bertz CT molecular complexity index is 200. The van der Waals surface area contributed by atoms with E-state index in [0.717, 1.165) is 0 Å². The fraction of sp³-hybridized carbons (Fsp3) is 0.667. The molecule has 0 heterocycles. The highest BCUT2D eigenvalue weighted by Crippen LogP contribution is 2.15. The maximum atomic E-state index is 10.3. The molecule has 2 atom stereocenters. The second kappa shape index (κ2) is 3.51. The van der Waals surface area contributed by atoms with Gasteiger partial charge >= 0.3 is 11.9 Å². The summed E-state index contributed by atoms with van der Waals surface area (Å²) >= 11 is 0. The van der Waals surface area contributed by atoms with Gasteiger partial charge in [0.2, 0.25) is 0 Å². The molecule has 0 bridgehead atoms. The Morgan fingerprint density at radius 2 is 1.83 bits per heavy atom. The third-order valence-electron chi connectivity index (χ3n) is 1.60. The van der Waals surface area contributed by atoms with Crippen LogP contribution in [0.5, 0.6) is 0 Å². The number of rotatable bonds is 4. The molecule has 70 valence electrons. The highest BCUT2D eigenvalue weighted by atomic mass is 16.4. The molecule has 4 N–H and O–H groups in total. The van der Waals surface area contributed by atoms with Gasteiger partial charge in [-0.05, 0) is 6.42 Å². The van der Waals surface area contributed by atoms with Crippen molar-refractivity contribution in [2.75, 3.05) is 0 Å². The Balaban J connectivity index is 4.75. The zero-order chi connectivity index (χ0) is 9.94. The number of aliphatic hydroxyl groups is 2. The first kappa shape index (κ1) is 10.9. The lowest BCUT2D eigenvalue weighted by molar-refractivity contribution is -0.183. The van der Waals surface area contributed by atoms with Crippen molar-refractivity contribution in [3.05, 3.63) is 0 Å². The van der Waals surface area contributed by atoms with E-state index in [1.54, 1.807) is 0 Å². The van der Waals surface area contributed by atoms with E-state index in [2.05, 4.69) is 0 Å². The van der Waals surface area contributed by atoms with Crippen LogP contribution in [-0.4, -0.2) is 44.1 Å². The van der Waals surface area contributed by atoms with E-state index < -0.39 is 23.6 Å². The Labute approximate surface area is 68.1 Å². The van der Waals surface area contributed by atoms with Crippen LogP contribution in [0.1, 0.15) is 13.3 Å². The van der Waals surface area contributed by atoms with E-state index in [-0.39, 0.29) is 6.42 Å². The second-order valence-corrected chi connectivity index (χ2v) is 2.32. The Morgan fingerprint density at radius 1 is 1.42 bits per heavy atom. The van der Waals surface area contributed by atoms with E-state index in [4.69, 9.17) is 20.4 Å². The van der Waals surface area contributed by atoms with Crippen molar-refractivity contribution in [1.82, 2.24) is 0 Å². The molecule has 6 heteroatoms. The molecule has 12 heavy (non-hydrogen) atoms. The maximum absolute atomic E-state index is 10.3. The standard InChI is InChI=1S/C6H10O6/c1-2-6(12,5(10)11)3(7)4(8)9/h3,7,12H,2H2,1H3,(H,8,9)(H,10,11). The van der Waals surface area contributed by atoms with Gasteiger partial charge in [-0.2, -0.15) is 0 Å². The predicted octanol–water partition coefficient (Wildman–Crippen LogP) is -1.34. The van der Waals surface area contributed by atoms with Gasteiger partial charge in [0, 0.05) is 0 Å². The van der Waals surface area contributed by atoms with Crippen molar-refractivity contribution < 1.29 is 30.0 Å². The summed E-state index contributed by atoms with van der Waals surface area (Å²) in [5.41, 5.74) is -2.61. The molecule has 0 spiro atoms. The molecule has 0 saturated carbocycles. The van der Waals surface area contributed by atoms with Crippen molar-refractivity contribution >= 4 is 11.9 Å². The van der Waals surface area contributed by atoms with Gasteiger partial charge in [0.15, 0.2) is 11.7 Å². The van der Waals surface area contributed by atoms with Gasteiger partial charge in [-0.1, -0.05) is 6.92 Å². The summed E-state index contributed by atoms with van der Waals surface area (Å²) in [6, 6.07) is 0. The summed E-state index contributed by atoms with van der Waals surface area (Å²) in [4.78, 5) is 20.5. The Hall–Kier alpha value is -1.14. The van der Waals surface area contributed by atoms with Gasteiger partial charge in [0.05, 0.1) is 0 Å². The predicted molar refractivity (Wildman–Crippen MR) is 36.5 cm³/mol. The lowest BCUT2D eigenvalue weighted by Gasteiger charge is -2.23. The fourth-order valence-corrected chi connectivity index (χ4v) is 0.666. The van der Waals surface area contributed by atoms with Crippen LogP contribution in [0.4, 0.5) is 0 Å². The lowest BCUT2D eigenvalue weighted by atomic mass is 9.94. The van der Waals surface area contributed by atoms with E-state index in [0.29, 0.717) is 0 Å². The number of carboxylic acids is 2. The topological polar surface area (TPSA) is 115 Å². The summed E-state index contributed by atoms with van der Waals surface area (Å²) in [7, 11) is 0. The van der Waals surface area contributed by atoms with Crippen LogP contribution in [0.15, 0.2) is 0 Å². The monoisotopic (exact) mass is 178 g/mol. The van der Waals surface area contributed by atoms with Gasteiger partial charge in [-0.25, -0.2) is 9.59 Å². The zero-order valence-corrected chi connectivity index (χ0v) is 6.39. The smallest absolute Gasteiger partial charge is 0.339 e. The molecule has 0 rings (SSSR count). The van der Waals surface area contributed by atoms with Crippen LogP contribution < -0.4 is 0 Å². The van der Waals surface area contributed by atoms with Crippen molar-refractivity contribution in [1.29, 1.82) is 0 Å². The number of aliphatic carboxylic acids is 2. The van der Waals surface area contributed by atoms with Crippen LogP contribution in [0.2, 0.25) is 0 Å². The minimum Gasteiger partial charge on any atom is -0.479 e. The van der Waals surface area contributed by atoms with Gasteiger partial charge in [0.25, 0.3) is 0 Å². The molecule has 2 unspecified atom stereocenters. The molecular weight excluding hydrogens is 168 g/mol. The first-order valence-corrected chi connectivity index (χ1v) is 3.23. The average molecular weight is 178 g/mol. The molecule has 0 amide bonds. The van der Waals surface area contributed by atoms with Crippen molar-refractivity contribution in [3.63, 3.8) is 0 Å². The molecule has 0 aliphatic rings. The van der Waals surface area contributed by atoms with Crippen LogP contribution in [0, 0.1) is 0 Å². The summed E-state index contributed by atoms with van der Waals surface area (Å²) in [6.45, 7) is 1.26. The quantitative estimate of drug-likeness (QED) is 0.423. The highest BCUT2D eigenvalue weighted by Gasteiger charge is 2.46.